The second-order valence-electron chi connectivity index (χ2n) is 4.79. The van der Waals surface area contributed by atoms with E-state index >= 15 is 0 Å². The summed E-state index contributed by atoms with van der Waals surface area (Å²) in [5, 5.41) is 0.709. The van der Waals surface area contributed by atoms with E-state index in [9.17, 15) is 9.36 Å². The zero-order valence-corrected chi connectivity index (χ0v) is 12.5. The Hall–Kier alpha value is -2.46. The standard InChI is InChI=1S/C14H14N4O2P/c1-17-11-5-4-10(21(2)20)7-12(11)18(14(17)19)9-3-6-13(15)16-8-9/h3-8H,1-2H3,(H2,15,16)/q+1. The fourth-order valence-electron chi connectivity index (χ4n) is 2.31. The number of aryl methyl sites for hydroxylation is 1. The van der Waals surface area contributed by atoms with Gasteiger partial charge in [0.2, 0.25) is 0 Å². The Kier molecular flexibility index (Phi) is 3.11. The summed E-state index contributed by atoms with van der Waals surface area (Å²) in [6.45, 7) is 1.65. The van der Waals surface area contributed by atoms with Crippen molar-refractivity contribution in [1.82, 2.24) is 14.1 Å². The van der Waals surface area contributed by atoms with Gasteiger partial charge in [-0.15, -0.1) is 0 Å². The molecule has 0 aliphatic heterocycles. The van der Waals surface area contributed by atoms with Gasteiger partial charge in [-0.05, 0) is 24.3 Å². The van der Waals surface area contributed by atoms with Crippen molar-refractivity contribution in [2.45, 2.75) is 0 Å². The van der Waals surface area contributed by atoms with E-state index in [0.717, 1.165) is 5.52 Å². The molecule has 0 aliphatic rings. The number of hydrogen-bond donors (Lipinski definition) is 1. The van der Waals surface area contributed by atoms with Crippen LogP contribution in [0, 0.1) is 0 Å². The van der Waals surface area contributed by atoms with Gasteiger partial charge in [-0.3, -0.25) is 9.13 Å². The SMILES string of the molecule is Cn1c(=O)n(-c2ccc(N)nc2)c2cc([P+](C)=O)ccc21. The van der Waals surface area contributed by atoms with E-state index < -0.39 is 7.80 Å². The van der Waals surface area contributed by atoms with Gasteiger partial charge in [0.15, 0.2) is 5.30 Å². The highest BCUT2D eigenvalue weighted by atomic mass is 31.1. The molecule has 2 heterocycles. The molecule has 3 aromatic rings. The van der Waals surface area contributed by atoms with Gasteiger partial charge in [-0.1, -0.05) is 4.57 Å². The highest BCUT2D eigenvalue weighted by Crippen LogP contribution is 2.20. The molecule has 21 heavy (non-hydrogen) atoms. The van der Waals surface area contributed by atoms with E-state index in [4.69, 9.17) is 5.73 Å². The van der Waals surface area contributed by atoms with Gasteiger partial charge in [-0.25, -0.2) is 9.78 Å². The van der Waals surface area contributed by atoms with Crippen LogP contribution in [0.15, 0.2) is 41.3 Å². The maximum atomic E-state index is 12.4. The van der Waals surface area contributed by atoms with E-state index in [0.29, 0.717) is 22.3 Å². The van der Waals surface area contributed by atoms with E-state index in [1.165, 1.54) is 0 Å². The molecule has 2 N–H and O–H groups in total. The highest BCUT2D eigenvalue weighted by Gasteiger charge is 2.18. The summed E-state index contributed by atoms with van der Waals surface area (Å²) in [7, 11) is 0.240. The van der Waals surface area contributed by atoms with E-state index in [1.807, 2.05) is 6.07 Å². The molecule has 0 bridgehead atoms. The molecule has 1 atom stereocenters. The Morgan fingerprint density at radius 2 is 1.95 bits per heavy atom. The molecule has 1 aromatic carbocycles. The van der Waals surface area contributed by atoms with E-state index in [1.54, 1.807) is 53.3 Å². The number of nitrogens with zero attached hydrogens (tertiary/aromatic N) is 3. The van der Waals surface area contributed by atoms with Crippen LogP contribution in [0.1, 0.15) is 0 Å². The van der Waals surface area contributed by atoms with Crippen molar-refractivity contribution in [2.24, 2.45) is 7.05 Å². The molecule has 0 saturated heterocycles. The molecule has 2 aromatic heterocycles. The smallest absolute Gasteiger partial charge is 0.373 e. The lowest BCUT2D eigenvalue weighted by Crippen LogP contribution is -2.21. The molecule has 0 radical (unpaired) electrons. The Morgan fingerprint density at radius 3 is 2.57 bits per heavy atom. The zero-order chi connectivity index (χ0) is 15.1. The van der Waals surface area contributed by atoms with Crippen LogP contribution in [-0.4, -0.2) is 20.8 Å². The Morgan fingerprint density at radius 1 is 1.19 bits per heavy atom. The molecule has 6 nitrogen and oxygen atoms in total. The number of pyridine rings is 1. The third kappa shape index (κ3) is 2.14. The fraction of sp³-hybridized carbons (Fsp3) is 0.143. The van der Waals surface area contributed by atoms with E-state index in [2.05, 4.69) is 4.98 Å². The van der Waals surface area contributed by atoms with Crippen molar-refractivity contribution in [3.05, 3.63) is 47.0 Å². The number of anilines is 1. The first-order valence-electron chi connectivity index (χ1n) is 6.33. The van der Waals surface area contributed by atoms with Crippen molar-refractivity contribution in [3.63, 3.8) is 0 Å². The number of imidazole rings is 1. The lowest BCUT2D eigenvalue weighted by Gasteiger charge is -2.02. The zero-order valence-electron chi connectivity index (χ0n) is 11.6. The second-order valence-corrected chi connectivity index (χ2v) is 6.30. The summed E-state index contributed by atoms with van der Waals surface area (Å²) < 4.78 is 14.8. The van der Waals surface area contributed by atoms with Crippen LogP contribution >= 0.6 is 7.80 Å². The van der Waals surface area contributed by atoms with Crippen LogP contribution in [0.5, 0.6) is 0 Å². The number of nitrogen functional groups attached to an aromatic ring is 1. The van der Waals surface area contributed by atoms with Gasteiger partial charge in [-0.2, -0.15) is 0 Å². The number of rotatable bonds is 2. The van der Waals surface area contributed by atoms with Gasteiger partial charge in [0.05, 0.1) is 22.9 Å². The average molecular weight is 301 g/mol. The number of fused-ring (bicyclic) bond motifs is 1. The first-order valence-corrected chi connectivity index (χ1v) is 8.04. The Balaban J connectivity index is 2.37. The minimum atomic E-state index is -1.47. The summed E-state index contributed by atoms with van der Waals surface area (Å²) in [5.74, 6) is 0.393. The van der Waals surface area contributed by atoms with Crippen LogP contribution in [0.2, 0.25) is 0 Å². The van der Waals surface area contributed by atoms with Crippen molar-refractivity contribution in [3.8, 4) is 5.69 Å². The average Bonchev–Trinajstić information content (AvgIpc) is 2.72. The molecule has 3 rings (SSSR count). The van der Waals surface area contributed by atoms with Crippen LogP contribution in [0.3, 0.4) is 0 Å². The van der Waals surface area contributed by atoms with Gasteiger partial charge < -0.3 is 5.73 Å². The van der Waals surface area contributed by atoms with E-state index in [-0.39, 0.29) is 5.69 Å². The number of aromatic nitrogens is 3. The minimum absolute atomic E-state index is 0.181. The molecule has 0 spiro atoms. The molecule has 7 heteroatoms. The quantitative estimate of drug-likeness (QED) is 0.725. The van der Waals surface area contributed by atoms with Crippen molar-refractivity contribution >= 4 is 30.0 Å². The Labute approximate surface area is 121 Å². The lowest BCUT2D eigenvalue weighted by molar-refractivity contribution is 0.596. The summed E-state index contributed by atoms with van der Waals surface area (Å²) in [6.07, 6.45) is 1.55. The number of benzene rings is 1. The predicted molar refractivity (Wildman–Crippen MR) is 83.9 cm³/mol. The third-order valence-corrected chi connectivity index (χ3v) is 4.44. The van der Waals surface area contributed by atoms with Crippen LogP contribution in [0.4, 0.5) is 5.82 Å². The minimum Gasteiger partial charge on any atom is -0.384 e. The van der Waals surface area contributed by atoms with Crippen molar-refractivity contribution in [1.29, 1.82) is 0 Å². The highest BCUT2D eigenvalue weighted by molar-refractivity contribution is 7.52. The largest absolute Gasteiger partial charge is 0.384 e. The first kappa shape index (κ1) is 13.5. The number of hydrogen-bond acceptors (Lipinski definition) is 4. The summed E-state index contributed by atoms with van der Waals surface area (Å²) >= 11 is 0. The molecule has 106 valence electrons. The molecular formula is C14H14N4O2P+. The molecular weight excluding hydrogens is 287 g/mol. The van der Waals surface area contributed by atoms with Crippen LogP contribution < -0.4 is 16.7 Å². The van der Waals surface area contributed by atoms with Crippen molar-refractivity contribution in [2.75, 3.05) is 12.4 Å². The third-order valence-electron chi connectivity index (χ3n) is 3.43. The summed E-state index contributed by atoms with van der Waals surface area (Å²) in [4.78, 5) is 16.5. The monoisotopic (exact) mass is 301 g/mol. The topological polar surface area (TPSA) is 82.9 Å². The van der Waals surface area contributed by atoms with Crippen molar-refractivity contribution < 1.29 is 4.57 Å². The molecule has 1 unspecified atom stereocenters. The summed E-state index contributed by atoms with van der Waals surface area (Å²) in [6, 6.07) is 8.76. The molecule has 0 fully saturated rings. The van der Waals surface area contributed by atoms with Crippen LogP contribution in [-0.2, 0) is 11.6 Å². The second kappa shape index (κ2) is 4.82. The lowest BCUT2D eigenvalue weighted by atomic mass is 10.3. The first-order chi connectivity index (χ1) is 9.99. The van der Waals surface area contributed by atoms with Gasteiger partial charge in [0, 0.05) is 13.1 Å². The summed E-state index contributed by atoms with van der Waals surface area (Å²) in [5.41, 5.74) is 7.51. The van der Waals surface area contributed by atoms with Gasteiger partial charge >= 0.3 is 13.5 Å². The predicted octanol–water partition coefficient (Wildman–Crippen LogP) is 1.39. The van der Waals surface area contributed by atoms with Gasteiger partial charge in [0.25, 0.3) is 0 Å². The maximum Gasteiger partial charge on any atom is 0.373 e. The normalized spacial score (nSPS) is 11.8. The fourth-order valence-corrected chi connectivity index (χ4v) is 2.89. The maximum absolute atomic E-state index is 12.4. The number of nitrogens with two attached hydrogens (primary N) is 1. The molecule has 0 aliphatic carbocycles. The van der Waals surface area contributed by atoms with Gasteiger partial charge in [0.1, 0.15) is 12.5 Å². The molecule has 0 amide bonds. The molecule has 0 saturated carbocycles. The Bertz CT molecular complexity index is 909. The van der Waals surface area contributed by atoms with Crippen LogP contribution in [0.25, 0.3) is 16.7 Å².